The lowest BCUT2D eigenvalue weighted by Gasteiger charge is -2.33. The molecule has 33 heavy (non-hydrogen) atoms. The summed E-state index contributed by atoms with van der Waals surface area (Å²) in [4.78, 5) is 14.7. The first-order chi connectivity index (χ1) is 16.1. The van der Waals surface area contributed by atoms with Crippen molar-refractivity contribution in [1.82, 2.24) is 19.7 Å². The van der Waals surface area contributed by atoms with E-state index in [2.05, 4.69) is 17.1 Å². The highest BCUT2D eigenvalue weighted by Gasteiger charge is 2.25. The summed E-state index contributed by atoms with van der Waals surface area (Å²) < 4.78 is 27.3. The zero-order chi connectivity index (χ0) is 23.2. The van der Waals surface area contributed by atoms with Crippen LogP contribution in [0.1, 0.15) is 32.0 Å². The van der Waals surface area contributed by atoms with Crippen molar-refractivity contribution in [3.63, 3.8) is 0 Å². The third kappa shape index (κ3) is 5.47. The van der Waals surface area contributed by atoms with Crippen LogP contribution in [0.25, 0.3) is 5.69 Å². The number of ether oxygens (including phenoxy) is 2. The summed E-state index contributed by atoms with van der Waals surface area (Å²) in [6.45, 7) is 2.95. The molecule has 0 saturated carbocycles. The Kier molecular flexibility index (Phi) is 7.49. The molecule has 174 valence electrons. The molecule has 0 aliphatic carbocycles. The number of amides is 1. The van der Waals surface area contributed by atoms with Gasteiger partial charge in [0, 0.05) is 12.6 Å². The van der Waals surface area contributed by atoms with Gasteiger partial charge in [-0.1, -0.05) is 23.9 Å². The maximum atomic E-state index is 14.7. The molecule has 1 aliphatic heterocycles. The highest BCUT2D eigenvalue weighted by Crippen LogP contribution is 2.26. The van der Waals surface area contributed by atoms with Gasteiger partial charge in [-0.05, 0) is 62.6 Å². The summed E-state index contributed by atoms with van der Waals surface area (Å²) in [6.07, 6.45) is 3.20. The Bertz CT molecular complexity index is 1090. The lowest BCUT2D eigenvalue weighted by Crippen LogP contribution is -2.43. The fraction of sp³-hybridized carbons (Fsp3) is 0.375. The Labute approximate surface area is 196 Å². The molecule has 0 radical (unpaired) electrons. The number of hydrogen-bond donors (Lipinski definition) is 0. The fourth-order valence-electron chi connectivity index (χ4n) is 3.86. The molecule has 3 aromatic rings. The van der Waals surface area contributed by atoms with Crippen molar-refractivity contribution in [2.45, 2.75) is 44.0 Å². The third-order valence-corrected chi connectivity index (χ3v) is 6.58. The number of nitrogens with zero attached hydrogens (tertiary/aromatic N) is 4. The second-order valence-electron chi connectivity index (χ2n) is 7.87. The van der Waals surface area contributed by atoms with Gasteiger partial charge in [-0.25, -0.2) is 4.39 Å². The minimum absolute atomic E-state index is 0.0614. The number of benzene rings is 2. The second kappa shape index (κ2) is 10.7. The van der Waals surface area contributed by atoms with E-state index < -0.39 is 5.82 Å². The quantitative estimate of drug-likeness (QED) is 0.452. The molecule has 0 N–H and O–H groups in total. The van der Waals surface area contributed by atoms with Crippen molar-refractivity contribution in [2.75, 3.05) is 19.4 Å². The summed E-state index contributed by atoms with van der Waals surface area (Å²) in [5, 5.41) is 8.94. The Hall–Kier alpha value is -3.07. The molecule has 1 aliphatic rings. The molecule has 1 aromatic heterocycles. The molecule has 0 bridgehead atoms. The molecule has 0 spiro atoms. The Morgan fingerprint density at radius 1 is 1.12 bits per heavy atom. The minimum atomic E-state index is -0.402. The number of aromatic nitrogens is 3. The summed E-state index contributed by atoms with van der Waals surface area (Å²) >= 11 is 1.26. The van der Waals surface area contributed by atoms with Gasteiger partial charge in [0.15, 0.2) is 11.0 Å². The molecule has 2 heterocycles. The summed E-state index contributed by atoms with van der Waals surface area (Å²) in [5.74, 6) is 1.67. The third-order valence-electron chi connectivity index (χ3n) is 5.67. The number of hydrogen-bond acceptors (Lipinski definition) is 6. The molecule has 1 fully saturated rings. The number of piperidine rings is 1. The smallest absolute Gasteiger partial charge is 0.233 e. The van der Waals surface area contributed by atoms with Gasteiger partial charge in [-0.2, -0.15) is 0 Å². The van der Waals surface area contributed by atoms with E-state index in [1.54, 1.807) is 54.1 Å². The lowest BCUT2D eigenvalue weighted by molar-refractivity contribution is -0.131. The van der Waals surface area contributed by atoms with Crippen molar-refractivity contribution in [2.24, 2.45) is 0 Å². The van der Waals surface area contributed by atoms with Crippen LogP contribution in [0.15, 0.2) is 53.7 Å². The van der Waals surface area contributed by atoms with Crippen LogP contribution in [0.5, 0.6) is 11.5 Å². The Morgan fingerprint density at radius 2 is 1.88 bits per heavy atom. The number of rotatable bonds is 8. The van der Waals surface area contributed by atoms with Crippen LogP contribution in [-0.2, 0) is 11.4 Å². The largest absolute Gasteiger partial charge is 0.497 e. The summed E-state index contributed by atoms with van der Waals surface area (Å²) in [5.41, 5.74) is 0.317. The zero-order valence-electron chi connectivity index (χ0n) is 18.7. The first kappa shape index (κ1) is 23.1. The van der Waals surface area contributed by atoms with Gasteiger partial charge in [0.1, 0.15) is 23.9 Å². The van der Waals surface area contributed by atoms with Gasteiger partial charge < -0.3 is 14.4 Å². The van der Waals surface area contributed by atoms with Crippen LogP contribution in [0.2, 0.25) is 0 Å². The second-order valence-corrected chi connectivity index (χ2v) is 8.81. The Balaban J connectivity index is 1.53. The van der Waals surface area contributed by atoms with Crippen molar-refractivity contribution in [3.05, 3.63) is 60.2 Å². The molecule has 4 rings (SSSR count). The van der Waals surface area contributed by atoms with Gasteiger partial charge in [0.2, 0.25) is 5.91 Å². The topological polar surface area (TPSA) is 69.5 Å². The predicted octanol–water partition coefficient (Wildman–Crippen LogP) is 4.49. The van der Waals surface area contributed by atoms with E-state index in [0.29, 0.717) is 22.4 Å². The monoisotopic (exact) mass is 470 g/mol. The SMILES string of the molecule is COc1ccc(OCc2nnc(SCC(=O)N3CCCCC3C)n2-c2ccccc2F)cc1. The van der Waals surface area contributed by atoms with Crippen LogP contribution < -0.4 is 9.47 Å². The number of halogens is 1. The maximum Gasteiger partial charge on any atom is 0.233 e. The number of para-hydroxylation sites is 1. The van der Waals surface area contributed by atoms with Gasteiger partial charge in [-0.3, -0.25) is 9.36 Å². The average Bonchev–Trinajstić information content (AvgIpc) is 3.24. The van der Waals surface area contributed by atoms with E-state index in [4.69, 9.17) is 9.47 Å². The summed E-state index contributed by atoms with van der Waals surface area (Å²) in [7, 11) is 1.60. The highest BCUT2D eigenvalue weighted by atomic mass is 32.2. The number of likely N-dealkylation sites (tertiary alicyclic amines) is 1. The molecular weight excluding hydrogens is 443 g/mol. The first-order valence-corrected chi connectivity index (χ1v) is 11.9. The van der Waals surface area contributed by atoms with Crippen molar-refractivity contribution >= 4 is 17.7 Å². The lowest BCUT2D eigenvalue weighted by atomic mass is 10.0. The molecule has 2 aromatic carbocycles. The predicted molar refractivity (Wildman–Crippen MR) is 124 cm³/mol. The van der Waals surface area contributed by atoms with Crippen LogP contribution in [-0.4, -0.2) is 51.0 Å². The van der Waals surface area contributed by atoms with E-state index in [0.717, 1.165) is 31.6 Å². The highest BCUT2D eigenvalue weighted by molar-refractivity contribution is 7.99. The molecule has 1 amide bonds. The minimum Gasteiger partial charge on any atom is -0.497 e. The van der Waals surface area contributed by atoms with Crippen LogP contribution in [0, 0.1) is 5.82 Å². The molecule has 1 saturated heterocycles. The number of thioether (sulfide) groups is 1. The van der Waals surface area contributed by atoms with E-state index in [-0.39, 0.29) is 24.3 Å². The maximum absolute atomic E-state index is 14.7. The Morgan fingerprint density at radius 3 is 2.61 bits per heavy atom. The van der Waals surface area contributed by atoms with Crippen molar-refractivity contribution in [3.8, 4) is 17.2 Å². The van der Waals surface area contributed by atoms with Crippen LogP contribution in [0.4, 0.5) is 4.39 Å². The van der Waals surface area contributed by atoms with Gasteiger partial charge in [0.05, 0.1) is 18.6 Å². The van der Waals surface area contributed by atoms with Gasteiger partial charge in [-0.15, -0.1) is 10.2 Å². The van der Waals surface area contributed by atoms with Crippen LogP contribution >= 0.6 is 11.8 Å². The van der Waals surface area contributed by atoms with Gasteiger partial charge >= 0.3 is 0 Å². The fourth-order valence-corrected chi connectivity index (χ4v) is 4.71. The normalized spacial score (nSPS) is 16.0. The van der Waals surface area contributed by atoms with E-state index in [9.17, 15) is 9.18 Å². The van der Waals surface area contributed by atoms with E-state index in [1.807, 2.05) is 4.90 Å². The molecule has 7 nitrogen and oxygen atoms in total. The summed E-state index contributed by atoms with van der Waals surface area (Å²) in [6, 6.07) is 13.8. The number of carbonyl (C=O) groups is 1. The number of carbonyl (C=O) groups excluding carboxylic acids is 1. The average molecular weight is 471 g/mol. The van der Waals surface area contributed by atoms with Gasteiger partial charge in [0.25, 0.3) is 0 Å². The molecule has 9 heteroatoms. The molecule has 1 atom stereocenters. The van der Waals surface area contributed by atoms with Crippen LogP contribution in [0.3, 0.4) is 0 Å². The van der Waals surface area contributed by atoms with Crippen molar-refractivity contribution < 1.29 is 18.7 Å². The zero-order valence-corrected chi connectivity index (χ0v) is 19.6. The van der Waals surface area contributed by atoms with E-state index >= 15 is 0 Å². The molecule has 1 unspecified atom stereocenters. The molecular formula is C24H27FN4O3S. The van der Waals surface area contributed by atoms with E-state index in [1.165, 1.54) is 17.8 Å². The van der Waals surface area contributed by atoms with Crippen molar-refractivity contribution in [1.29, 1.82) is 0 Å². The standard InChI is InChI=1S/C24H27FN4O3S/c1-17-7-5-6-14-28(17)23(30)16-33-24-27-26-22(29(24)21-9-4-3-8-20(21)25)15-32-19-12-10-18(31-2)11-13-19/h3-4,8-13,17H,5-7,14-16H2,1-2H3. The first-order valence-electron chi connectivity index (χ1n) is 10.9. The number of methoxy groups -OCH3 is 1.